The molecule has 0 unspecified atom stereocenters. The molecule has 0 bridgehead atoms. The van der Waals surface area contributed by atoms with Gasteiger partial charge in [-0.3, -0.25) is 0 Å². The molecule has 3 nitrogen and oxygen atoms in total. The fraction of sp³-hybridized carbons (Fsp3) is 0.176. The zero-order valence-corrected chi connectivity index (χ0v) is 11.0. The summed E-state index contributed by atoms with van der Waals surface area (Å²) < 4.78 is 0. The smallest absolute Gasteiger partial charge is 0.101 e. The molecule has 0 fully saturated rings. The van der Waals surface area contributed by atoms with Crippen LogP contribution in [0.2, 0.25) is 0 Å². The lowest BCUT2D eigenvalue weighted by Crippen LogP contribution is -1.92. The van der Waals surface area contributed by atoms with Crippen LogP contribution in [0, 0.1) is 22.7 Å². The monoisotopic (exact) mass is 262 g/mol. The van der Waals surface area contributed by atoms with Crippen molar-refractivity contribution in [2.75, 3.05) is 6.61 Å². The van der Waals surface area contributed by atoms with E-state index in [0.717, 1.165) is 23.1 Å². The predicted molar refractivity (Wildman–Crippen MR) is 76.7 cm³/mol. The second-order valence-corrected chi connectivity index (χ2v) is 4.48. The highest BCUT2D eigenvalue weighted by Gasteiger charge is 2.09. The fourth-order valence-electron chi connectivity index (χ4n) is 2.18. The summed E-state index contributed by atoms with van der Waals surface area (Å²) in [6, 6.07) is 17.3. The molecule has 2 aromatic rings. The van der Waals surface area contributed by atoms with Crippen molar-refractivity contribution in [1.82, 2.24) is 0 Å². The lowest BCUT2D eigenvalue weighted by molar-refractivity contribution is 0.288. The highest BCUT2D eigenvalue weighted by Crippen LogP contribution is 2.26. The van der Waals surface area contributed by atoms with E-state index in [1.807, 2.05) is 36.4 Å². The summed E-state index contributed by atoms with van der Waals surface area (Å²) in [6.07, 6.45) is 1.51. The molecular formula is C17H14N2O. The van der Waals surface area contributed by atoms with Gasteiger partial charge in [0.2, 0.25) is 0 Å². The van der Waals surface area contributed by atoms with Gasteiger partial charge in [-0.25, -0.2) is 0 Å². The maximum Gasteiger partial charge on any atom is 0.101 e. The first-order valence-corrected chi connectivity index (χ1v) is 6.43. The van der Waals surface area contributed by atoms with Crippen LogP contribution in [0.3, 0.4) is 0 Å². The third-order valence-electron chi connectivity index (χ3n) is 3.16. The first kappa shape index (κ1) is 13.8. The third kappa shape index (κ3) is 2.85. The van der Waals surface area contributed by atoms with E-state index in [0.29, 0.717) is 17.5 Å². The Hall–Kier alpha value is -2.62. The SMILES string of the molecule is N#Cc1cccc(-c2cccc(CCCO)c2)c1C#N. The maximum atomic E-state index is 9.27. The largest absolute Gasteiger partial charge is 0.396 e. The predicted octanol–water partition coefficient (Wildman–Crippen LogP) is 3.02. The number of benzene rings is 2. The highest BCUT2D eigenvalue weighted by atomic mass is 16.2. The number of aryl methyl sites for hydroxylation is 1. The molecule has 0 aliphatic carbocycles. The zero-order chi connectivity index (χ0) is 14.4. The molecule has 0 radical (unpaired) electrons. The van der Waals surface area contributed by atoms with E-state index in [1.165, 1.54) is 0 Å². The number of nitriles is 2. The molecule has 0 aromatic heterocycles. The standard InChI is InChI=1S/C17H14N2O/c18-11-15-7-2-8-16(17(15)12-19)14-6-1-4-13(10-14)5-3-9-20/h1-2,4,6-8,10,20H,3,5,9H2. The summed E-state index contributed by atoms with van der Waals surface area (Å²) in [7, 11) is 0. The quantitative estimate of drug-likeness (QED) is 0.920. The van der Waals surface area contributed by atoms with Gasteiger partial charge in [-0.1, -0.05) is 36.4 Å². The first-order chi connectivity index (χ1) is 9.80. The van der Waals surface area contributed by atoms with Crippen molar-refractivity contribution in [1.29, 1.82) is 10.5 Å². The Bertz CT molecular complexity index is 693. The molecule has 1 N–H and O–H groups in total. The molecule has 0 aliphatic rings. The molecule has 3 heteroatoms. The molecule has 20 heavy (non-hydrogen) atoms. The number of hydrogen-bond donors (Lipinski definition) is 1. The lowest BCUT2D eigenvalue weighted by Gasteiger charge is -2.08. The second kappa shape index (κ2) is 6.52. The second-order valence-electron chi connectivity index (χ2n) is 4.48. The van der Waals surface area contributed by atoms with Crippen LogP contribution in [0.5, 0.6) is 0 Å². The van der Waals surface area contributed by atoms with Gasteiger partial charge in [0.25, 0.3) is 0 Å². The topological polar surface area (TPSA) is 67.8 Å². The Labute approximate surface area is 118 Å². The maximum absolute atomic E-state index is 9.27. The minimum absolute atomic E-state index is 0.164. The van der Waals surface area contributed by atoms with Crippen LogP contribution in [-0.4, -0.2) is 11.7 Å². The summed E-state index contributed by atoms with van der Waals surface area (Å²) in [5, 5.41) is 27.2. The van der Waals surface area contributed by atoms with Crippen LogP contribution in [0.4, 0.5) is 0 Å². The average Bonchev–Trinajstić information content (AvgIpc) is 2.52. The van der Waals surface area contributed by atoms with Crippen molar-refractivity contribution in [3.8, 4) is 23.3 Å². The van der Waals surface area contributed by atoms with Crippen molar-refractivity contribution in [2.45, 2.75) is 12.8 Å². The number of aliphatic hydroxyl groups excluding tert-OH is 1. The van der Waals surface area contributed by atoms with Gasteiger partial charge < -0.3 is 5.11 Å². The molecule has 2 aromatic carbocycles. The van der Waals surface area contributed by atoms with Gasteiger partial charge in [-0.15, -0.1) is 0 Å². The molecule has 0 spiro atoms. The van der Waals surface area contributed by atoms with Gasteiger partial charge in [0.15, 0.2) is 0 Å². The Kier molecular flexibility index (Phi) is 4.50. The van der Waals surface area contributed by atoms with Crippen LogP contribution in [-0.2, 0) is 6.42 Å². The number of hydrogen-bond acceptors (Lipinski definition) is 3. The van der Waals surface area contributed by atoms with Crippen molar-refractivity contribution < 1.29 is 5.11 Å². The van der Waals surface area contributed by atoms with Crippen molar-refractivity contribution in [2.24, 2.45) is 0 Å². The van der Waals surface area contributed by atoms with E-state index in [1.54, 1.807) is 12.1 Å². The minimum atomic E-state index is 0.164. The van der Waals surface area contributed by atoms with E-state index in [9.17, 15) is 5.26 Å². The van der Waals surface area contributed by atoms with Crippen LogP contribution in [0.1, 0.15) is 23.1 Å². The van der Waals surface area contributed by atoms with E-state index < -0.39 is 0 Å². The van der Waals surface area contributed by atoms with Crippen LogP contribution in [0.15, 0.2) is 42.5 Å². The van der Waals surface area contributed by atoms with Crippen LogP contribution < -0.4 is 0 Å². The number of nitrogens with zero attached hydrogens (tertiary/aromatic N) is 2. The van der Waals surface area contributed by atoms with Gasteiger partial charge in [0.05, 0.1) is 11.1 Å². The molecule has 0 atom stereocenters. The number of rotatable bonds is 4. The average molecular weight is 262 g/mol. The lowest BCUT2D eigenvalue weighted by atomic mass is 9.95. The van der Waals surface area contributed by atoms with Gasteiger partial charge in [0.1, 0.15) is 12.1 Å². The summed E-state index contributed by atoms with van der Waals surface area (Å²) in [5.74, 6) is 0. The van der Waals surface area contributed by atoms with E-state index >= 15 is 0 Å². The van der Waals surface area contributed by atoms with Gasteiger partial charge >= 0.3 is 0 Å². The molecule has 98 valence electrons. The molecule has 0 heterocycles. The van der Waals surface area contributed by atoms with Crippen LogP contribution >= 0.6 is 0 Å². The minimum Gasteiger partial charge on any atom is -0.396 e. The van der Waals surface area contributed by atoms with Crippen LogP contribution in [0.25, 0.3) is 11.1 Å². The number of aliphatic hydroxyl groups is 1. The van der Waals surface area contributed by atoms with Gasteiger partial charge in [-0.05, 0) is 30.0 Å². The summed E-state index contributed by atoms with van der Waals surface area (Å²) in [5.41, 5.74) is 3.62. The Morgan fingerprint density at radius 3 is 2.50 bits per heavy atom. The molecule has 0 aliphatic heterocycles. The fourth-order valence-corrected chi connectivity index (χ4v) is 2.18. The molecule has 0 saturated heterocycles. The van der Waals surface area contributed by atoms with E-state index in [2.05, 4.69) is 6.07 Å². The van der Waals surface area contributed by atoms with Gasteiger partial charge in [0, 0.05) is 12.2 Å². The molecular weight excluding hydrogens is 248 g/mol. The summed E-state index contributed by atoms with van der Waals surface area (Å²) >= 11 is 0. The van der Waals surface area contributed by atoms with Gasteiger partial charge in [-0.2, -0.15) is 10.5 Å². The van der Waals surface area contributed by atoms with Crippen molar-refractivity contribution >= 4 is 0 Å². The molecule has 2 rings (SSSR count). The Balaban J connectivity index is 2.47. The van der Waals surface area contributed by atoms with E-state index in [4.69, 9.17) is 10.4 Å². The van der Waals surface area contributed by atoms with Crippen molar-refractivity contribution in [3.63, 3.8) is 0 Å². The Morgan fingerprint density at radius 2 is 1.80 bits per heavy atom. The summed E-state index contributed by atoms with van der Waals surface area (Å²) in [6.45, 7) is 0.164. The zero-order valence-electron chi connectivity index (χ0n) is 11.0. The first-order valence-electron chi connectivity index (χ1n) is 6.43. The third-order valence-corrected chi connectivity index (χ3v) is 3.16. The Morgan fingerprint density at radius 1 is 1.00 bits per heavy atom. The molecule has 0 amide bonds. The summed E-state index contributed by atoms with van der Waals surface area (Å²) in [4.78, 5) is 0. The normalized spacial score (nSPS) is 9.75. The molecule has 0 saturated carbocycles. The van der Waals surface area contributed by atoms with E-state index in [-0.39, 0.29) is 6.61 Å². The van der Waals surface area contributed by atoms with Crippen molar-refractivity contribution in [3.05, 3.63) is 59.2 Å². The highest BCUT2D eigenvalue weighted by molar-refractivity contribution is 5.74.